The van der Waals surface area contributed by atoms with Gasteiger partial charge >= 0.3 is 0 Å². The third kappa shape index (κ3) is 4.72. The summed E-state index contributed by atoms with van der Waals surface area (Å²) < 4.78 is 6.35. The van der Waals surface area contributed by atoms with Crippen molar-refractivity contribution in [3.05, 3.63) is 76.9 Å². The van der Waals surface area contributed by atoms with E-state index in [1.54, 1.807) is 6.08 Å². The molecule has 3 N–H and O–H groups in total. The lowest BCUT2D eigenvalue weighted by molar-refractivity contribution is 0.460. The van der Waals surface area contributed by atoms with Crippen LogP contribution in [0.4, 0.5) is 17.6 Å². The molecule has 0 amide bonds. The maximum Gasteiger partial charge on any atom is 0.250 e. The molecule has 2 aromatic carbocycles. The minimum Gasteiger partial charge on any atom is -0.436 e. The fourth-order valence-corrected chi connectivity index (χ4v) is 3.99. The van der Waals surface area contributed by atoms with Gasteiger partial charge in [-0.3, -0.25) is 0 Å². The van der Waals surface area contributed by atoms with Gasteiger partial charge in [0.25, 0.3) is 5.88 Å². The van der Waals surface area contributed by atoms with E-state index in [0.717, 1.165) is 28.0 Å². The first-order chi connectivity index (χ1) is 17.5. The molecule has 4 aromatic rings. The standard InChI is InChI=1S/C27H22N8O/c1-16-11-18(7-6-10-28)12-17(2)23(16)36-25-22-24(33-26(32-22)30-20-8-4-3-5-9-20)34-27(35-25)31-21-13-19(14-21)15-29/h3-9,11-13,21H,14H2,1-2H3,(H3,30,31,32,33,34,35)/b7-6+. The van der Waals surface area contributed by atoms with E-state index >= 15 is 0 Å². The van der Waals surface area contributed by atoms with Crippen LogP contribution in [0.1, 0.15) is 23.1 Å². The molecule has 0 fully saturated rings. The molecule has 0 spiro atoms. The highest BCUT2D eigenvalue weighted by Gasteiger charge is 2.22. The van der Waals surface area contributed by atoms with E-state index in [0.29, 0.717) is 41.1 Å². The van der Waals surface area contributed by atoms with Crippen molar-refractivity contribution in [3.8, 4) is 23.8 Å². The van der Waals surface area contributed by atoms with Crippen molar-refractivity contribution in [3.63, 3.8) is 0 Å². The van der Waals surface area contributed by atoms with Crippen LogP contribution in [0.5, 0.6) is 11.6 Å². The summed E-state index contributed by atoms with van der Waals surface area (Å²) in [5.41, 5.74) is 5.31. The number of nitriles is 2. The molecule has 36 heavy (non-hydrogen) atoms. The van der Waals surface area contributed by atoms with E-state index in [9.17, 15) is 0 Å². The number of H-pyrrole nitrogens is 1. The smallest absolute Gasteiger partial charge is 0.250 e. The fourth-order valence-electron chi connectivity index (χ4n) is 3.99. The van der Waals surface area contributed by atoms with E-state index in [2.05, 4.69) is 36.6 Å². The average Bonchev–Trinajstić information content (AvgIpc) is 3.25. The molecule has 0 bridgehead atoms. The molecule has 0 saturated carbocycles. The predicted molar refractivity (Wildman–Crippen MR) is 138 cm³/mol. The number of hydrogen-bond acceptors (Lipinski definition) is 8. The van der Waals surface area contributed by atoms with Gasteiger partial charge in [0.2, 0.25) is 11.9 Å². The van der Waals surface area contributed by atoms with Gasteiger partial charge in [-0.15, -0.1) is 0 Å². The van der Waals surface area contributed by atoms with Crippen LogP contribution in [0.3, 0.4) is 0 Å². The Morgan fingerprint density at radius 2 is 1.83 bits per heavy atom. The zero-order chi connectivity index (χ0) is 25.1. The maximum absolute atomic E-state index is 9.02. The van der Waals surface area contributed by atoms with Crippen molar-refractivity contribution in [2.24, 2.45) is 0 Å². The van der Waals surface area contributed by atoms with E-state index in [-0.39, 0.29) is 6.04 Å². The zero-order valence-electron chi connectivity index (χ0n) is 19.7. The van der Waals surface area contributed by atoms with Gasteiger partial charge in [-0.1, -0.05) is 18.2 Å². The van der Waals surface area contributed by atoms with Crippen molar-refractivity contribution >= 4 is 34.8 Å². The third-order valence-electron chi connectivity index (χ3n) is 5.69. The summed E-state index contributed by atoms with van der Waals surface area (Å²) in [6.45, 7) is 3.89. The number of para-hydroxylation sites is 1. The van der Waals surface area contributed by atoms with E-state index < -0.39 is 0 Å². The summed E-state index contributed by atoms with van der Waals surface area (Å²) in [6, 6.07) is 17.7. The number of benzene rings is 2. The summed E-state index contributed by atoms with van der Waals surface area (Å²) >= 11 is 0. The van der Waals surface area contributed by atoms with Crippen LogP contribution in [-0.4, -0.2) is 26.0 Å². The van der Waals surface area contributed by atoms with Crippen LogP contribution in [0, 0.1) is 36.5 Å². The number of aromatic amines is 1. The highest BCUT2D eigenvalue weighted by atomic mass is 16.5. The summed E-state index contributed by atoms with van der Waals surface area (Å²) in [5, 5.41) is 24.3. The first-order valence-electron chi connectivity index (χ1n) is 11.3. The normalized spacial score (nSPS) is 14.6. The molecule has 0 saturated heterocycles. The molecular weight excluding hydrogens is 452 g/mol. The van der Waals surface area contributed by atoms with E-state index in [1.807, 2.05) is 68.5 Å². The Labute approximate surface area is 207 Å². The summed E-state index contributed by atoms with van der Waals surface area (Å²) in [6.07, 6.45) is 5.67. The molecule has 2 aromatic heterocycles. The monoisotopic (exact) mass is 474 g/mol. The number of nitrogens with zero attached hydrogens (tertiary/aromatic N) is 5. The number of ether oxygens (including phenoxy) is 1. The molecule has 1 atom stereocenters. The Morgan fingerprint density at radius 3 is 2.53 bits per heavy atom. The van der Waals surface area contributed by atoms with Crippen LogP contribution in [-0.2, 0) is 0 Å². The molecule has 2 heterocycles. The molecule has 176 valence electrons. The van der Waals surface area contributed by atoms with Crippen LogP contribution >= 0.6 is 0 Å². The van der Waals surface area contributed by atoms with Gasteiger partial charge in [0.15, 0.2) is 11.2 Å². The van der Waals surface area contributed by atoms with Gasteiger partial charge in [-0.25, -0.2) is 0 Å². The van der Waals surface area contributed by atoms with Gasteiger partial charge in [-0.05, 0) is 67.0 Å². The Morgan fingerprint density at radius 1 is 1.08 bits per heavy atom. The molecule has 0 radical (unpaired) electrons. The number of nitrogens with one attached hydrogen (secondary N) is 3. The van der Waals surface area contributed by atoms with Crippen LogP contribution in [0.25, 0.3) is 17.2 Å². The number of allylic oxidation sites excluding steroid dienone is 1. The second-order valence-electron chi connectivity index (χ2n) is 8.43. The maximum atomic E-state index is 9.02. The number of rotatable bonds is 7. The lowest BCUT2D eigenvalue weighted by atomic mass is 9.94. The first-order valence-corrected chi connectivity index (χ1v) is 11.3. The van der Waals surface area contributed by atoms with Crippen molar-refractivity contribution in [1.29, 1.82) is 10.5 Å². The molecule has 5 rings (SSSR count). The Balaban J connectivity index is 1.53. The lowest BCUT2D eigenvalue weighted by Crippen LogP contribution is -2.26. The molecule has 1 unspecified atom stereocenters. The number of anilines is 3. The highest BCUT2D eigenvalue weighted by Crippen LogP contribution is 2.34. The lowest BCUT2D eigenvalue weighted by Gasteiger charge is -2.22. The highest BCUT2D eigenvalue weighted by molar-refractivity contribution is 5.81. The second kappa shape index (κ2) is 9.61. The van der Waals surface area contributed by atoms with Crippen molar-refractivity contribution in [1.82, 2.24) is 19.9 Å². The average molecular weight is 475 g/mol. The van der Waals surface area contributed by atoms with Crippen molar-refractivity contribution < 1.29 is 4.74 Å². The van der Waals surface area contributed by atoms with Gasteiger partial charge in [0, 0.05) is 23.8 Å². The van der Waals surface area contributed by atoms with Crippen molar-refractivity contribution in [2.75, 3.05) is 10.6 Å². The summed E-state index contributed by atoms with van der Waals surface area (Å²) in [7, 11) is 0. The molecule has 9 nitrogen and oxygen atoms in total. The number of fused-ring (bicyclic) bond motifs is 1. The minimum atomic E-state index is -0.0273. The summed E-state index contributed by atoms with van der Waals surface area (Å²) in [5.74, 6) is 1.86. The van der Waals surface area contributed by atoms with Crippen LogP contribution in [0.15, 0.2) is 60.2 Å². The molecular formula is C27H22N8O. The van der Waals surface area contributed by atoms with Gasteiger partial charge in [0.1, 0.15) is 5.75 Å². The number of aromatic nitrogens is 4. The van der Waals surface area contributed by atoms with Crippen molar-refractivity contribution in [2.45, 2.75) is 26.3 Å². The number of imidazole rings is 1. The molecule has 9 heteroatoms. The minimum absolute atomic E-state index is 0.0273. The largest absolute Gasteiger partial charge is 0.436 e. The predicted octanol–water partition coefficient (Wildman–Crippen LogP) is 5.68. The SMILES string of the molecule is Cc1cc(/C=C/C#N)cc(C)c1Oc1nc(NC2C=C(C#N)C2)nc2nc(Nc3ccccc3)[nH]c12. The van der Waals surface area contributed by atoms with Gasteiger partial charge in [0.05, 0.1) is 18.2 Å². The Hall–Kier alpha value is -5.15. The Bertz CT molecular complexity index is 1570. The van der Waals surface area contributed by atoms with Crippen LogP contribution in [0.2, 0.25) is 0 Å². The first kappa shape index (κ1) is 22.6. The summed E-state index contributed by atoms with van der Waals surface area (Å²) in [4.78, 5) is 17.0. The van der Waals surface area contributed by atoms with Crippen LogP contribution < -0.4 is 15.4 Å². The third-order valence-corrected chi connectivity index (χ3v) is 5.69. The fraction of sp³-hybridized carbons (Fsp3) is 0.148. The van der Waals surface area contributed by atoms with E-state index in [4.69, 9.17) is 15.3 Å². The Kier molecular flexibility index (Phi) is 6.04. The molecule has 0 aliphatic heterocycles. The molecule has 1 aliphatic rings. The van der Waals surface area contributed by atoms with Gasteiger partial charge in [-0.2, -0.15) is 25.5 Å². The molecule has 1 aliphatic carbocycles. The number of hydrogen-bond donors (Lipinski definition) is 3. The zero-order valence-corrected chi connectivity index (χ0v) is 19.7. The number of aryl methyl sites for hydroxylation is 2. The topological polar surface area (TPSA) is 135 Å². The quantitative estimate of drug-likeness (QED) is 0.291. The van der Waals surface area contributed by atoms with E-state index in [1.165, 1.54) is 6.08 Å². The van der Waals surface area contributed by atoms with Gasteiger partial charge < -0.3 is 20.4 Å². The second-order valence-corrected chi connectivity index (χ2v) is 8.43.